The van der Waals surface area contributed by atoms with Gasteiger partial charge in [-0.25, -0.2) is 4.79 Å². The van der Waals surface area contributed by atoms with Crippen molar-refractivity contribution in [1.29, 1.82) is 0 Å². The molecule has 1 atom stereocenters. The van der Waals surface area contributed by atoms with E-state index in [-0.39, 0.29) is 5.76 Å². The number of methoxy groups -OCH3 is 1. The van der Waals surface area contributed by atoms with Crippen molar-refractivity contribution in [2.75, 3.05) is 12.4 Å². The Morgan fingerprint density at radius 3 is 2.59 bits per heavy atom. The van der Waals surface area contributed by atoms with Crippen LogP contribution in [0, 0.1) is 0 Å². The van der Waals surface area contributed by atoms with E-state index in [9.17, 15) is 9.59 Å². The van der Waals surface area contributed by atoms with Gasteiger partial charge in [0.05, 0.1) is 12.8 Å². The number of amides is 1. The van der Waals surface area contributed by atoms with Crippen LogP contribution < -0.4 is 10.1 Å². The molecule has 0 radical (unpaired) electrons. The minimum atomic E-state index is -0.985. The molecule has 2 aromatic rings. The Labute approximate surface area is 135 Å². The van der Waals surface area contributed by atoms with E-state index < -0.39 is 18.0 Å². The van der Waals surface area contributed by atoms with Crippen molar-refractivity contribution >= 4 is 33.5 Å². The smallest absolute Gasteiger partial charge is 0.375 e. The molecule has 2 rings (SSSR count). The van der Waals surface area contributed by atoms with Gasteiger partial charge < -0.3 is 19.2 Å². The number of para-hydroxylation sites is 2. The van der Waals surface area contributed by atoms with E-state index >= 15 is 0 Å². The third kappa shape index (κ3) is 3.88. The number of furan rings is 1. The number of esters is 1. The van der Waals surface area contributed by atoms with Gasteiger partial charge in [0.15, 0.2) is 10.8 Å². The lowest BCUT2D eigenvalue weighted by Gasteiger charge is -2.14. The average molecular weight is 368 g/mol. The second-order valence-corrected chi connectivity index (χ2v) is 5.12. The molecule has 1 N–H and O–H groups in total. The van der Waals surface area contributed by atoms with Gasteiger partial charge in [-0.3, -0.25) is 4.79 Å². The molecule has 1 heterocycles. The summed E-state index contributed by atoms with van der Waals surface area (Å²) in [6, 6.07) is 9.97. The van der Waals surface area contributed by atoms with Crippen LogP contribution in [0.3, 0.4) is 0 Å². The molecule has 116 valence electrons. The minimum absolute atomic E-state index is 0.0174. The van der Waals surface area contributed by atoms with Crippen LogP contribution in [-0.4, -0.2) is 25.1 Å². The Morgan fingerprint density at radius 1 is 1.23 bits per heavy atom. The van der Waals surface area contributed by atoms with Crippen molar-refractivity contribution in [2.45, 2.75) is 13.0 Å². The molecule has 0 fully saturated rings. The number of halogens is 1. The van der Waals surface area contributed by atoms with Gasteiger partial charge in [-0.2, -0.15) is 0 Å². The van der Waals surface area contributed by atoms with Crippen molar-refractivity contribution in [3.8, 4) is 5.75 Å². The highest BCUT2D eigenvalue weighted by Gasteiger charge is 2.21. The number of hydrogen-bond donors (Lipinski definition) is 1. The van der Waals surface area contributed by atoms with Crippen LogP contribution in [0.4, 0.5) is 5.69 Å². The Kier molecular flexibility index (Phi) is 5.21. The van der Waals surface area contributed by atoms with Crippen molar-refractivity contribution < 1.29 is 23.5 Å². The number of rotatable bonds is 5. The molecule has 0 saturated heterocycles. The summed E-state index contributed by atoms with van der Waals surface area (Å²) in [6.45, 7) is 1.47. The zero-order valence-electron chi connectivity index (χ0n) is 12.0. The van der Waals surface area contributed by atoms with Crippen molar-refractivity contribution in [2.24, 2.45) is 0 Å². The topological polar surface area (TPSA) is 77.8 Å². The van der Waals surface area contributed by atoms with Crippen LogP contribution in [-0.2, 0) is 9.53 Å². The molecule has 0 aliphatic heterocycles. The number of carbonyl (C=O) groups excluding carboxylic acids is 2. The van der Waals surface area contributed by atoms with Crippen LogP contribution in [0.15, 0.2) is 45.5 Å². The molecular formula is C15H14BrNO5. The van der Waals surface area contributed by atoms with Crippen molar-refractivity contribution in [1.82, 2.24) is 0 Å². The van der Waals surface area contributed by atoms with E-state index in [1.165, 1.54) is 20.1 Å². The molecule has 7 heteroatoms. The number of hydrogen-bond acceptors (Lipinski definition) is 5. The summed E-state index contributed by atoms with van der Waals surface area (Å²) >= 11 is 3.09. The molecular weight excluding hydrogens is 354 g/mol. The quantitative estimate of drug-likeness (QED) is 0.820. The number of anilines is 1. The number of nitrogens with one attached hydrogen (secondary N) is 1. The maximum Gasteiger partial charge on any atom is 0.375 e. The lowest BCUT2D eigenvalue weighted by molar-refractivity contribution is -0.123. The number of benzene rings is 1. The van der Waals surface area contributed by atoms with Gasteiger partial charge in [-0.05, 0) is 47.1 Å². The van der Waals surface area contributed by atoms with Gasteiger partial charge in [-0.1, -0.05) is 12.1 Å². The fraction of sp³-hybridized carbons (Fsp3) is 0.200. The van der Waals surface area contributed by atoms with E-state index in [0.29, 0.717) is 16.1 Å². The SMILES string of the molecule is COc1ccccc1NC(=O)C(C)OC(=O)c1ccc(Br)o1. The standard InChI is InChI=1S/C15H14BrNO5/c1-9(21-15(19)12-7-8-13(16)22-12)14(18)17-10-5-3-4-6-11(10)20-2/h3-9H,1-2H3,(H,17,18). The second-order valence-electron chi connectivity index (χ2n) is 4.34. The lowest BCUT2D eigenvalue weighted by Crippen LogP contribution is -2.30. The summed E-state index contributed by atoms with van der Waals surface area (Å²) in [7, 11) is 1.50. The van der Waals surface area contributed by atoms with Crippen LogP contribution in [0.2, 0.25) is 0 Å². The van der Waals surface area contributed by atoms with Crippen molar-refractivity contribution in [3.05, 3.63) is 46.8 Å². The molecule has 0 aliphatic carbocycles. The summed E-state index contributed by atoms with van der Waals surface area (Å²) in [5.74, 6) is -0.648. The first-order valence-electron chi connectivity index (χ1n) is 6.41. The third-order valence-electron chi connectivity index (χ3n) is 2.79. The van der Waals surface area contributed by atoms with E-state index in [1.807, 2.05) is 0 Å². The maximum atomic E-state index is 12.1. The van der Waals surface area contributed by atoms with E-state index in [0.717, 1.165) is 0 Å². The summed E-state index contributed by atoms with van der Waals surface area (Å²) in [4.78, 5) is 23.9. The molecule has 1 aromatic heterocycles. The number of ether oxygens (including phenoxy) is 2. The van der Waals surface area contributed by atoms with Gasteiger partial charge in [0.1, 0.15) is 5.75 Å². The summed E-state index contributed by atoms with van der Waals surface area (Å²) in [6.07, 6.45) is -0.985. The van der Waals surface area contributed by atoms with Crippen molar-refractivity contribution in [3.63, 3.8) is 0 Å². The summed E-state index contributed by atoms with van der Waals surface area (Å²) in [5, 5.41) is 2.64. The van der Waals surface area contributed by atoms with E-state index in [2.05, 4.69) is 21.2 Å². The summed E-state index contributed by atoms with van der Waals surface area (Å²) in [5.41, 5.74) is 0.499. The Bertz CT molecular complexity index is 682. The monoisotopic (exact) mass is 367 g/mol. The zero-order valence-corrected chi connectivity index (χ0v) is 13.5. The first-order valence-corrected chi connectivity index (χ1v) is 7.20. The maximum absolute atomic E-state index is 12.1. The molecule has 1 amide bonds. The van der Waals surface area contributed by atoms with Gasteiger partial charge in [0.2, 0.25) is 5.76 Å². The first-order chi connectivity index (χ1) is 10.5. The van der Waals surface area contributed by atoms with E-state index in [4.69, 9.17) is 13.9 Å². The summed E-state index contributed by atoms with van der Waals surface area (Å²) < 4.78 is 15.7. The van der Waals surface area contributed by atoms with Crippen LogP contribution in [0.25, 0.3) is 0 Å². The predicted molar refractivity (Wildman–Crippen MR) is 82.9 cm³/mol. The van der Waals surface area contributed by atoms with Crippen LogP contribution >= 0.6 is 15.9 Å². The average Bonchev–Trinajstić information content (AvgIpc) is 2.94. The van der Waals surface area contributed by atoms with Gasteiger partial charge in [0, 0.05) is 0 Å². The lowest BCUT2D eigenvalue weighted by atomic mass is 10.2. The zero-order chi connectivity index (χ0) is 16.1. The Hall–Kier alpha value is -2.28. The molecule has 0 bridgehead atoms. The molecule has 22 heavy (non-hydrogen) atoms. The highest BCUT2D eigenvalue weighted by Crippen LogP contribution is 2.23. The highest BCUT2D eigenvalue weighted by atomic mass is 79.9. The second kappa shape index (κ2) is 7.13. The fourth-order valence-corrected chi connectivity index (χ4v) is 1.98. The van der Waals surface area contributed by atoms with Gasteiger partial charge >= 0.3 is 5.97 Å². The molecule has 1 unspecified atom stereocenters. The van der Waals surface area contributed by atoms with Crippen LogP contribution in [0.5, 0.6) is 5.75 Å². The molecule has 6 nitrogen and oxygen atoms in total. The minimum Gasteiger partial charge on any atom is -0.495 e. The number of carbonyl (C=O) groups is 2. The highest BCUT2D eigenvalue weighted by molar-refractivity contribution is 9.10. The van der Waals surface area contributed by atoms with E-state index in [1.54, 1.807) is 30.3 Å². The molecule has 0 aliphatic rings. The van der Waals surface area contributed by atoms with Gasteiger partial charge in [0.25, 0.3) is 5.91 Å². The fourth-order valence-electron chi connectivity index (χ4n) is 1.68. The molecule has 1 aromatic carbocycles. The molecule has 0 saturated carbocycles. The van der Waals surface area contributed by atoms with Crippen LogP contribution in [0.1, 0.15) is 17.5 Å². The normalized spacial score (nSPS) is 11.6. The van der Waals surface area contributed by atoms with Gasteiger partial charge in [-0.15, -0.1) is 0 Å². The predicted octanol–water partition coefficient (Wildman–Crippen LogP) is 3.23. The Morgan fingerprint density at radius 2 is 1.95 bits per heavy atom. The first kappa shape index (κ1) is 16.1. The molecule has 0 spiro atoms. The largest absolute Gasteiger partial charge is 0.495 e. The Balaban J connectivity index is 1.99. The third-order valence-corrected chi connectivity index (χ3v) is 3.22.